The number of nitrogens with one attached hydrogen (secondary N) is 1. The highest BCUT2D eigenvalue weighted by Crippen LogP contribution is 2.30. The SMILES string of the molecule is CC(=O)OCC(C)SSCC(C)(N)OCCC(C)(C)NC(=O)CN(C)C(=O)CCC=O. The largest absolute Gasteiger partial charge is 0.465 e. The van der Waals surface area contributed by atoms with Crippen molar-refractivity contribution in [2.24, 2.45) is 5.73 Å². The molecular weight excluding hydrogens is 442 g/mol. The Morgan fingerprint density at radius 3 is 2.48 bits per heavy atom. The first-order valence-electron chi connectivity index (χ1n) is 10.1. The summed E-state index contributed by atoms with van der Waals surface area (Å²) in [7, 11) is 4.66. The van der Waals surface area contributed by atoms with Crippen LogP contribution in [-0.2, 0) is 28.7 Å². The van der Waals surface area contributed by atoms with Gasteiger partial charge in [-0.2, -0.15) is 0 Å². The first-order valence-corrected chi connectivity index (χ1v) is 12.5. The van der Waals surface area contributed by atoms with Gasteiger partial charge in [0.2, 0.25) is 11.8 Å². The van der Waals surface area contributed by atoms with Crippen LogP contribution in [0.3, 0.4) is 0 Å². The van der Waals surface area contributed by atoms with Gasteiger partial charge in [-0.15, -0.1) is 0 Å². The van der Waals surface area contributed by atoms with Crippen molar-refractivity contribution in [2.75, 3.05) is 32.6 Å². The summed E-state index contributed by atoms with van der Waals surface area (Å²) in [6.07, 6.45) is 1.46. The Labute approximate surface area is 193 Å². The van der Waals surface area contributed by atoms with Crippen molar-refractivity contribution in [1.29, 1.82) is 0 Å². The van der Waals surface area contributed by atoms with E-state index in [-0.39, 0.29) is 42.4 Å². The highest BCUT2D eigenvalue weighted by atomic mass is 33.1. The molecule has 11 heteroatoms. The first kappa shape index (κ1) is 29.7. The minimum Gasteiger partial charge on any atom is -0.465 e. The monoisotopic (exact) mass is 479 g/mol. The fourth-order valence-electron chi connectivity index (χ4n) is 2.27. The van der Waals surface area contributed by atoms with Crippen molar-refractivity contribution < 1.29 is 28.7 Å². The molecule has 0 aliphatic carbocycles. The summed E-state index contributed by atoms with van der Waals surface area (Å²) in [5.74, 6) is -0.283. The van der Waals surface area contributed by atoms with Crippen molar-refractivity contribution >= 4 is 45.7 Å². The van der Waals surface area contributed by atoms with Gasteiger partial charge in [0, 0.05) is 43.4 Å². The first-order chi connectivity index (χ1) is 14.3. The Morgan fingerprint density at radius 2 is 1.90 bits per heavy atom. The Hall–Kier alpha value is -1.30. The molecule has 0 aliphatic heterocycles. The molecule has 3 N–H and O–H groups in total. The lowest BCUT2D eigenvalue weighted by molar-refractivity contribution is -0.140. The smallest absolute Gasteiger partial charge is 0.302 e. The number of aldehydes is 1. The summed E-state index contributed by atoms with van der Waals surface area (Å²) in [6.45, 7) is 9.51. The van der Waals surface area contributed by atoms with Gasteiger partial charge in [0.1, 0.15) is 18.6 Å². The van der Waals surface area contributed by atoms with Crippen LogP contribution in [0.5, 0.6) is 0 Å². The zero-order valence-electron chi connectivity index (χ0n) is 19.4. The number of carbonyl (C=O) groups is 4. The van der Waals surface area contributed by atoms with Gasteiger partial charge in [0.25, 0.3) is 0 Å². The van der Waals surface area contributed by atoms with Crippen LogP contribution in [-0.4, -0.2) is 78.0 Å². The fourth-order valence-corrected chi connectivity index (χ4v) is 4.78. The van der Waals surface area contributed by atoms with Gasteiger partial charge in [-0.3, -0.25) is 14.4 Å². The van der Waals surface area contributed by atoms with Gasteiger partial charge in [-0.1, -0.05) is 21.6 Å². The molecule has 0 saturated heterocycles. The number of rotatable bonds is 16. The summed E-state index contributed by atoms with van der Waals surface area (Å²) in [5.41, 5.74) is 4.81. The van der Waals surface area contributed by atoms with E-state index in [9.17, 15) is 19.2 Å². The number of amides is 2. The number of likely N-dealkylation sites (N-methyl/N-ethyl adjacent to an activating group) is 1. The molecule has 0 aromatic rings. The molecule has 0 heterocycles. The van der Waals surface area contributed by atoms with Gasteiger partial charge in [0.05, 0.1) is 13.2 Å². The van der Waals surface area contributed by atoms with Crippen molar-refractivity contribution in [2.45, 2.75) is 70.4 Å². The second kappa shape index (κ2) is 14.7. The van der Waals surface area contributed by atoms with Crippen LogP contribution >= 0.6 is 21.6 Å². The predicted octanol–water partition coefficient (Wildman–Crippen LogP) is 1.73. The third-order valence-corrected chi connectivity index (χ3v) is 7.06. The quantitative estimate of drug-likeness (QED) is 0.147. The Balaban J connectivity index is 4.24. The molecule has 2 amide bonds. The van der Waals surface area contributed by atoms with Gasteiger partial charge < -0.3 is 30.2 Å². The number of carbonyl (C=O) groups excluding carboxylic acids is 4. The molecule has 2 atom stereocenters. The summed E-state index contributed by atoms with van der Waals surface area (Å²) in [5, 5.41) is 3.03. The normalized spacial score (nSPS) is 14.3. The molecule has 0 aliphatic rings. The second-order valence-electron chi connectivity index (χ2n) is 8.27. The molecule has 180 valence electrons. The number of ether oxygens (including phenoxy) is 2. The Morgan fingerprint density at radius 1 is 1.26 bits per heavy atom. The van der Waals surface area contributed by atoms with Gasteiger partial charge >= 0.3 is 5.97 Å². The number of nitrogens with two attached hydrogens (primary N) is 1. The molecule has 9 nitrogen and oxygen atoms in total. The van der Waals surface area contributed by atoms with Crippen LogP contribution in [0.1, 0.15) is 53.9 Å². The molecule has 0 aromatic heterocycles. The van der Waals surface area contributed by atoms with Crippen molar-refractivity contribution in [3.8, 4) is 0 Å². The highest BCUT2D eigenvalue weighted by molar-refractivity contribution is 8.77. The van der Waals surface area contributed by atoms with E-state index in [4.69, 9.17) is 15.2 Å². The lowest BCUT2D eigenvalue weighted by Crippen LogP contribution is -2.49. The summed E-state index contributed by atoms with van der Waals surface area (Å²) < 4.78 is 10.8. The summed E-state index contributed by atoms with van der Waals surface area (Å²) in [6, 6.07) is 0. The Kier molecular flexibility index (Phi) is 14.1. The molecule has 0 spiro atoms. The maximum atomic E-state index is 12.2. The zero-order valence-corrected chi connectivity index (χ0v) is 21.0. The standard InChI is InChI=1S/C20H37N3O6S2/c1-15(13-28-16(2)25)31-30-14-20(5,21)29-11-9-19(3,4)22-17(26)12-23(6)18(27)8-7-10-24/h10,15H,7-9,11-14,21H2,1-6H3,(H,22,26). The van der Waals surface area contributed by atoms with E-state index in [0.717, 1.165) is 0 Å². The zero-order chi connectivity index (χ0) is 24.1. The summed E-state index contributed by atoms with van der Waals surface area (Å²) >= 11 is 0. The Bertz CT molecular complexity index is 601. The van der Waals surface area contributed by atoms with Crippen molar-refractivity contribution in [1.82, 2.24) is 10.2 Å². The van der Waals surface area contributed by atoms with Crippen LogP contribution < -0.4 is 11.1 Å². The number of nitrogens with zero attached hydrogens (tertiary/aromatic N) is 1. The number of hydrogen-bond donors (Lipinski definition) is 2. The molecule has 0 bridgehead atoms. The minimum atomic E-state index is -0.843. The number of esters is 1. The van der Waals surface area contributed by atoms with E-state index in [1.807, 2.05) is 20.8 Å². The van der Waals surface area contributed by atoms with E-state index in [0.29, 0.717) is 31.7 Å². The van der Waals surface area contributed by atoms with Crippen LogP contribution in [0.4, 0.5) is 0 Å². The lowest BCUT2D eigenvalue weighted by Gasteiger charge is -2.30. The average molecular weight is 480 g/mol. The van der Waals surface area contributed by atoms with Crippen molar-refractivity contribution in [3.63, 3.8) is 0 Å². The molecule has 0 aromatic carbocycles. The minimum absolute atomic E-state index is 0.0734. The van der Waals surface area contributed by atoms with Gasteiger partial charge in [-0.05, 0) is 34.1 Å². The highest BCUT2D eigenvalue weighted by Gasteiger charge is 2.25. The maximum absolute atomic E-state index is 12.2. The fraction of sp³-hybridized carbons (Fsp3) is 0.800. The van der Waals surface area contributed by atoms with Gasteiger partial charge in [0.15, 0.2) is 0 Å². The van der Waals surface area contributed by atoms with Crippen LogP contribution in [0.25, 0.3) is 0 Å². The van der Waals surface area contributed by atoms with E-state index >= 15 is 0 Å². The second-order valence-corrected chi connectivity index (χ2v) is 11.1. The molecule has 0 radical (unpaired) electrons. The molecule has 0 rings (SSSR count). The van der Waals surface area contributed by atoms with E-state index in [1.54, 1.807) is 28.5 Å². The van der Waals surface area contributed by atoms with Crippen LogP contribution in [0.2, 0.25) is 0 Å². The maximum Gasteiger partial charge on any atom is 0.302 e. The molecule has 2 unspecified atom stereocenters. The molecule has 0 saturated carbocycles. The van der Waals surface area contributed by atoms with Crippen molar-refractivity contribution in [3.05, 3.63) is 0 Å². The van der Waals surface area contributed by atoms with E-state index in [2.05, 4.69) is 5.32 Å². The summed E-state index contributed by atoms with van der Waals surface area (Å²) in [4.78, 5) is 46.5. The van der Waals surface area contributed by atoms with Crippen LogP contribution in [0.15, 0.2) is 0 Å². The molecular formula is C20H37N3O6S2. The average Bonchev–Trinajstić information content (AvgIpc) is 2.63. The van der Waals surface area contributed by atoms with E-state index < -0.39 is 11.3 Å². The molecule has 0 fully saturated rings. The number of hydrogen-bond acceptors (Lipinski definition) is 9. The van der Waals surface area contributed by atoms with E-state index in [1.165, 1.54) is 18.9 Å². The topological polar surface area (TPSA) is 128 Å². The van der Waals surface area contributed by atoms with Crippen LogP contribution in [0, 0.1) is 0 Å². The predicted molar refractivity (Wildman–Crippen MR) is 124 cm³/mol. The lowest BCUT2D eigenvalue weighted by atomic mass is 10.0. The third-order valence-electron chi connectivity index (χ3n) is 4.02. The third kappa shape index (κ3) is 16.1. The molecule has 31 heavy (non-hydrogen) atoms. The van der Waals surface area contributed by atoms with Gasteiger partial charge in [-0.25, -0.2) is 0 Å².